The molecule has 132 valence electrons. The van der Waals surface area contributed by atoms with Crippen molar-refractivity contribution in [3.63, 3.8) is 0 Å². The van der Waals surface area contributed by atoms with E-state index in [2.05, 4.69) is 4.99 Å². The fraction of sp³-hybridized carbons (Fsp3) is 0.300. The number of hydrogen-bond donors (Lipinski definition) is 0. The van der Waals surface area contributed by atoms with Crippen LogP contribution in [0.2, 0.25) is 5.02 Å². The number of benzene rings is 2. The molecule has 0 N–H and O–H groups in total. The largest absolute Gasteiger partial charge is 0.465 e. The topological polar surface area (TPSA) is 47.9 Å². The van der Waals surface area contributed by atoms with Crippen molar-refractivity contribution in [2.24, 2.45) is 10.9 Å². The Hall–Kier alpha value is -2.33. The number of nitrogens with zero attached hydrogens (tertiary/aromatic N) is 1. The van der Waals surface area contributed by atoms with Crippen molar-refractivity contribution in [1.29, 1.82) is 0 Å². The van der Waals surface area contributed by atoms with Crippen LogP contribution in [0.25, 0.3) is 0 Å². The van der Waals surface area contributed by atoms with Crippen molar-refractivity contribution in [1.82, 2.24) is 0 Å². The van der Waals surface area contributed by atoms with Gasteiger partial charge in [0.2, 0.25) is 0 Å². The molecule has 0 fully saturated rings. The molecular formula is C20H22ClNO3. The van der Waals surface area contributed by atoms with Crippen LogP contribution in [0.5, 0.6) is 11.5 Å². The molecule has 0 spiro atoms. The number of ether oxygens (including phenoxy) is 2. The summed E-state index contributed by atoms with van der Waals surface area (Å²) in [6.45, 7) is 6.23. The molecule has 0 atom stereocenters. The lowest BCUT2D eigenvalue weighted by Crippen LogP contribution is -2.14. The third kappa shape index (κ3) is 5.91. The smallest absolute Gasteiger partial charge is 0.327 e. The molecule has 0 amide bonds. The van der Waals surface area contributed by atoms with Gasteiger partial charge in [0.25, 0.3) is 0 Å². The van der Waals surface area contributed by atoms with Crippen LogP contribution in [-0.4, -0.2) is 24.8 Å². The minimum atomic E-state index is -0.325. The first-order valence-electron chi connectivity index (χ1n) is 8.23. The summed E-state index contributed by atoms with van der Waals surface area (Å²) >= 11 is 5.89. The zero-order valence-electron chi connectivity index (χ0n) is 14.7. The summed E-state index contributed by atoms with van der Waals surface area (Å²) in [5.41, 5.74) is 1.76. The molecule has 0 bridgehead atoms. The summed E-state index contributed by atoms with van der Waals surface area (Å²) in [5.74, 6) is 1.25. The van der Waals surface area contributed by atoms with Gasteiger partial charge in [-0.2, -0.15) is 0 Å². The van der Waals surface area contributed by atoms with Crippen LogP contribution in [0, 0.1) is 5.92 Å². The maximum absolute atomic E-state index is 11.6. The van der Waals surface area contributed by atoms with Gasteiger partial charge in [0.05, 0.1) is 6.61 Å². The van der Waals surface area contributed by atoms with E-state index in [0.29, 0.717) is 23.1 Å². The molecular weight excluding hydrogens is 338 g/mol. The van der Waals surface area contributed by atoms with E-state index in [1.165, 1.54) is 0 Å². The monoisotopic (exact) mass is 359 g/mol. The Bertz CT molecular complexity index is 739. The molecule has 0 aliphatic heterocycles. The average Bonchev–Trinajstić information content (AvgIpc) is 2.57. The summed E-state index contributed by atoms with van der Waals surface area (Å²) in [6.07, 6.45) is 0. The van der Waals surface area contributed by atoms with E-state index < -0.39 is 0 Å². The Kier molecular flexibility index (Phi) is 7.02. The van der Waals surface area contributed by atoms with E-state index >= 15 is 0 Å². The van der Waals surface area contributed by atoms with Crippen LogP contribution in [0.15, 0.2) is 53.5 Å². The molecule has 0 aromatic heterocycles. The summed E-state index contributed by atoms with van der Waals surface area (Å²) < 4.78 is 10.8. The van der Waals surface area contributed by atoms with Gasteiger partial charge in [-0.25, -0.2) is 0 Å². The lowest BCUT2D eigenvalue weighted by atomic mass is 9.99. The number of rotatable bonds is 7. The first-order valence-corrected chi connectivity index (χ1v) is 8.61. The zero-order valence-corrected chi connectivity index (χ0v) is 15.4. The molecule has 2 aromatic carbocycles. The lowest BCUT2D eigenvalue weighted by Gasteiger charge is -2.13. The molecule has 0 saturated carbocycles. The Morgan fingerprint density at radius 2 is 1.84 bits per heavy atom. The van der Waals surface area contributed by atoms with Crippen molar-refractivity contribution < 1.29 is 14.3 Å². The van der Waals surface area contributed by atoms with Crippen molar-refractivity contribution >= 4 is 23.3 Å². The Balaban J connectivity index is 2.20. The highest BCUT2D eigenvalue weighted by Crippen LogP contribution is 2.24. The van der Waals surface area contributed by atoms with Gasteiger partial charge in [0.15, 0.2) is 0 Å². The molecule has 0 saturated heterocycles. The quantitative estimate of drug-likeness (QED) is 0.508. The number of hydrogen-bond acceptors (Lipinski definition) is 4. The first-order chi connectivity index (χ1) is 12.0. The second kappa shape index (κ2) is 9.23. The van der Waals surface area contributed by atoms with Gasteiger partial charge in [-0.1, -0.05) is 37.6 Å². The molecule has 0 aliphatic carbocycles. The maximum Gasteiger partial charge on any atom is 0.327 e. The van der Waals surface area contributed by atoms with Crippen LogP contribution in [-0.2, 0) is 9.53 Å². The standard InChI is InChI=1S/C20H22ClNO3/c1-4-24-19(23)13-22-20(14(2)3)15-6-5-7-18(12-15)25-17-10-8-16(21)9-11-17/h5-12,14H,4,13H2,1-3H3. The molecule has 2 aromatic rings. The number of esters is 1. The normalized spacial score (nSPS) is 11.5. The average molecular weight is 360 g/mol. The minimum Gasteiger partial charge on any atom is -0.465 e. The highest BCUT2D eigenvalue weighted by molar-refractivity contribution is 6.30. The van der Waals surface area contributed by atoms with E-state index in [0.717, 1.165) is 11.3 Å². The fourth-order valence-electron chi connectivity index (χ4n) is 2.32. The molecule has 2 rings (SSSR count). The van der Waals surface area contributed by atoms with Crippen molar-refractivity contribution in [2.45, 2.75) is 20.8 Å². The minimum absolute atomic E-state index is 0.0175. The van der Waals surface area contributed by atoms with E-state index in [1.807, 2.05) is 50.2 Å². The van der Waals surface area contributed by atoms with E-state index in [1.54, 1.807) is 19.1 Å². The molecule has 0 radical (unpaired) electrons. The molecule has 5 heteroatoms. The van der Waals surface area contributed by atoms with Crippen LogP contribution in [0.4, 0.5) is 0 Å². The molecule has 25 heavy (non-hydrogen) atoms. The predicted octanol–water partition coefficient (Wildman–Crippen LogP) is 5.14. The Morgan fingerprint density at radius 1 is 1.12 bits per heavy atom. The molecule has 0 aliphatic rings. The fourth-order valence-corrected chi connectivity index (χ4v) is 2.45. The van der Waals surface area contributed by atoms with Crippen LogP contribution < -0.4 is 4.74 Å². The zero-order chi connectivity index (χ0) is 18.2. The van der Waals surface area contributed by atoms with Crippen LogP contribution in [0.3, 0.4) is 0 Å². The summed E-state index contributed by atoms with van der Waals surface area (Å²) in [7, 11) is 0. The SMILES string of the molecule is CCOC(=O)CN=C(c1cccc(Oc2ccc(Cl)cc2)c1)C(C)C. The summed E-state index contributed by atoms with van der Waals surface area (Å²) in [5, 5.41) is 0.661. The van der Waals surface area contributed by atoms with E-state index in [4.69, 9.17) is 21.1 Å². The van der Waals surface area contributed by atoms with Crippen molar-refractivity contribution in [3.8, 4) is 11.5 Å². The van der Waals surface area contributed by atoms with Gasteiger partial charge in [-0.15, -0.1) is 0 Å². The van der Waals surface area contributed by atoms with Crippen LogP contribution in [0.1, 0.15) is 26.3 Å². The maximum atomic E-state index is 11.6. The molecule has 0 heterocycles. The molecule has 0 unspecified atom stereocenters. The Morgan fingerprint density at radius 3 is 2.48 bits per heavy atom. The number of carbonyl (C=O) groups excluding carboxylic acids is 1. The van der Waals surface area contributed by atoms with Gasteiger partial charge in [-0.05, 0) is 54.8 Å². The lowest BCUT2D eigenvalue weighted by molar-refractivity contribution is -0.141. The number of aliphatic imine (C=N–C) groups is 1. The van der Waals surface area contributed by atoms with Gasteiger partial charge < -0.3 is 9.47 Å². The predicted molar refractivity (Wildman–Crippen MR) is 101 cm³/mol. The molecule has 4 nitrogen and oxygen atoms in total. The van der Waals surface area contributed by atoms with Gasteiger partial charge in [0.1, 0.15) is 18.0 Å². The number of halogens is 1. The van der Waals surface area contributed by atoms with E-state index in [9.17, 15) is 4.79 Å². The Labute approximate surface area is 153 Å². The van der Waals surface area contributed by atoms with Gasteiger partial charge in [-0.3, -0.25) is 9.79 Å². The first kappa shape index (κ1) is 19.0. The van der Waals surface area contributed by atoms with E-state index in [-0.39, 0.29) is 18.4 Å². The summed E-state index contributed by atoms with van der Waals surface area (Å²) in [6, 6.07) is 14.8. The van der Waals surface area contributed by atoms with Gasteiger partial charge >= 0.3 is 5.97 Å². The summed E-state index contributed by atoms with van der Waals surface area (Å²) in [4.78, 5) is 16.0. The highest BCUT2D eigenvalue weighted by Gasteiger charge is 2.11. The second-order valence-corrected chi connectivity index (χ2v) is 6.18. The number of carbonyl (C=O) groups is 1. The van der Waals surface area contributed by atoms with Crippen molar-refractivity contribution in [3.05, 3.63) is 59.1 Å². The van der Waals surface area contributed by atoms with Crippen molar-refractivity contribution in [2.75, 3.05) is 13.2 Å². The van der Waals surface area contributed by atoms with Crippen LogP contribution >= 0.6 is 11.6 Å². The highest BCUT2D eigenvalue weighted by atomic mass is 35.5. The van der Waals surface area contributed by atoms with Gasteiger partial charge in [0, 0.05) is 10.7 Å². The second-order valence-electron chi connectivity index (χ2n) is 5.75. The third-order valence-corrected chi connectivity index (χ3v) is 3.66. The third-order valence-electron chi connectivity index (χ3n) is 3.41.